The summed E-state index contributed by atoms with van der Waals surface area (Å²) in [4.78, 5) is 2.41. The number of halogens is 1. The zero-order valence-corrected chi connectivity index (χ0v) is 15.0. The molecule has 24 heavy (non-hydrogen) atoms. The second-order valence-corrected chi connectivity index (χ2v) is 8.46. The standard InChI is InChI=1S/C19H21ClN2OS/c20-17-9-5-4-6-15(17)12-21-11-10-19(14-21)18(23)13-22(24-19)16-7-2-1-3-8-16/h1-9,18,23H,10-14H2/t18-,19+/m0/s1. The van der Waals surface area contributed by atoms with E-state index in [-0.39, 0.29) is 10.9 Å². The summed E-state index contributed by atoms with van der Waals surface area (Å²) >= 11 is 8.11. The van der Waals surface area contributed by atoms with E-state index in [1.165, 1.54) is 5.69 Å². The second-order valence-electron chi connectivity index (χ2n) is 6.62. The van der Waals surface area contributed by atoms with Crippen molar-refractivity contribution in [2.75, 3.05) is 23.9 Å². The Bertz CT molecular complexity index is 714. The van der Waals surface area contributed by atoms with Crippen LogP contribution in [-0.2, 0) is 6.54 Å². The van der Waals surface area contributed by atoms with Crippen LogP contribution in [0.15, 0.2) is 54.6 Å². The fourth-order valence-corrected chi connectivity index (χ4v) is 5.32. The third-order valence-corrected chi connectivity index (χ3v) is 6.89. The molecule has 0 unspecified atom stereocenters. The molecule has 2 fully saturated rings. The van der Waals surface area contributed by atoms with E-state index < -0.39 is 0 Å². The van der Waals surface area contributed by atoms with Gasteiger partial charge in [-0.2, -0.15) is 0 Å². The SMILES string of the molecule is O[C@H]1CN(c2ccccc2)S[C@@]12CCN(Cc1ccccc1Cl)C2. The van der Waals surface area contributed by atoms with Gasteiger partial charge in [0, 0.05) is 30.3 Å². The molecule has 0 aromatic heterocycles. The fraction of sp³-hybridized carbons (Fsp3) is 0.368. The van der Waals surface area contributed by atoms with E-state index in [0.29, 0.717) is 6.54 Å². The summed E-state index contributed by atoms with van der Waals surface area (Å²) in [6.45, 7) is 3.43. The Morgan fingerprint density at radius 3 is 2.67 bits per heavy atom. The average molecular weight is 361 g/mol. The van der Waals surface area contributed by atoms with Crippen molar-refractivity contribution < 1.29 is 5.11 Å². The Kier molecular flexibility index (Phi) is 4.48. The van der Waals surface area contributed by atoms with Crippen molar-refractivity contribution in [2.24, 2.45) is 0 Å². The van der Waals surface area contributed by atoms with Gasteiger partial charge in [0.25, 0.3) is 0 Å². The van der Waals surface area contributed by atoms with Gasteiger partial charge in [-0.05, 0) is 42.1 Å². The van der Waals surface area contributed by atoms with E-state index in [9.17, 15) is 5.11 Å². The molecule has 1 spiro atoms. The van der Waals surface area contributed by atoms with Crippen molar-refractivity contribution in [3.8, 4) is 0 Å². The number of benzene rings is 2. The molecular weight excluding hydrogens is 340 g/mol. The van der Waals surface area contributed by atoms with Gasteiger partial charge in [-0.1, -0.05) is 48.0 Å². The summed E-state index contributed by atoms with van der Waals surface area (Å²) in [5.41, 5.74) is 2.33. The molecule has 2 aliphatic rings. The highest BCUT2D eigenvalue weighted by Gasteiger charge is 2.51. The van der Waals surface area contributed by atoms with E-state index in [1.54, 1.807) is 0 Å². The molecule has 1 N–H and O–H groups in total. The van der Waals surface area contributed by atoms with Crippen molar-refractivity contribution in [1.82, 2.24) is 4.90 Å². The predicted molar refractivity (Wildman–Crippen MR) is 101 cm³/mol. The van der Waals surface area contributed by atoms with Crippen LogP contribution in [0.5, 0.6) is 0 Å². The Labute approximate surface area is 152 Å². The van der Waals surface area contributed by atoms with Crippen molar-refractivity contribution in [3.63, 3.8) is 0 Å². The van der Waals surface area contributed by atoms with Gasteiger partial charge in [-0.25, -0.2) is 0 Å². The normalized spacial score (nSPS) is 27.2. The molecule has 0 saturated carbocycles. The maximum Gasteiger partial charge on any atom is 0.0902 e. The summed E-state index contributed by atoms with van der Waals surface area (Å²) in [5.74, 6) is 0. The summed E-state index contributed by atoms with van der Waals surface area (Å²) in [6, 6.07) is 18.4. The minimum absolute atomic E-state index is 0.100. The van der Waals surface area contributed by atoms with Crippen molar-refractivity contribution in [3.05, 3.63) is 65.2 Å². The molecule has 2 aromatic rings. The van der Waals surface area contributed by atoms with Crippen LogP contribution < -0.4 is 4.31 Å². The molecule has 0 amide bonds. The predicted octanol–water partition coefficient (Wildman–Crippen LogP) is 3.81. The first-order chi connectivity index (χ1) is 11.7. The first kappa shape index (κ1) is 16.3. The molecule has 4 rings (SSSR count). The van der Waals surface area contributed by atoms with Crippen molar-refractivity contribution in [1.29, 1.82) is 0 Å². The number of hydrogen-bond donors (Lipinski definition) is 1. The molecule has 0 bridgehead atoms. The highest BCUT2D eigenvalue weighted by molar-refractivity contribution is 8.02. The van der Waals surface area contributed by atoms with Crippen LogP contribution in [0.3, 0.4) is 0 Å². The number of likely N-dealkylation sites (tertiary alicyclic amines) is 1. The van der Waals surface area contributed by atoms with Crippen LogP contribution >= 0.6 is 23.5 Å². The first-order valence-corrected chi connectivity index (χ1v) is 9.47. The molecule has 2 aromatic carbocycles. The molecule has 2 atom stereocenters. The lowest BCUT2D eigenvalue weighted by Gasteiger charge is -2.26. The number of hydrogen-bond acceptors (Lipinski definition) is 4. The number of β-amino-alcohol motifs (C(OH)–C–C–N with tert-alkyl or cyclic N) is 1. The quantitative estimate of drug-likeness (QED) is 0.842. The fourth-order valence-electron chi connectivity index (χ4n) is 3.63. The summed E-state index contributed by atoms with van der Waals surface area (Å²) in [5, 5.41) is 11.6. The molecule has 2 heterocycles. The van der Waals surface area contributed by atoms with Gasteiger partial charge in [-0.15, -0.1) is 0 Å². The van der Waals surface area contributed by atoms with Crippen LogP contribution in [0, 0.1) is 0 Å². The average Bonchev–Trinajstić information content (AvgIpc) is 3.15. The zero-order chi connectivity index (χ0) is 16.6. The van der Waals surface area contributed by atoms with Gasteiger partial charge in [0.05, 0.1) is 17.4 Å². The van der Waals surface area contributed by atoms with Gasteiger partial charge >= 0.3 is 0 Å². The molecule has 126 valence electrons. The number of para-hydroxylation sites is 1. The Morgan fingerprint density at radius 1 is 1.12 bits per heavy atom. The number of anilines is 1. The largest absolute Gasteiger partial charge is 0.390 e. The highest BCUT2D eigenvalue weighted by atomic mass is 35.5. The lowest BCUT2D eigenvalue weighted by atomic mass is 10.0. The third kappa shape index (κ3) is 3.04. The van der Waals surface area contributed by atoms with E-state index in [4.69, 9.17) is 11.6 Å². The number of aliphatic hydroxyl groups is 1. The lowest BCUT2D eigenvalue weighted by molar-refractivity contribution is 0.145. The zero-order valence-electron chi connectivity index (χ0n) is 13.4. The van der Waals surface area contributed by atoms with E-state index >= 15 is 0 Å². The molecule has 0 radical (unpaired) electrons. The lowest BCUT2D eigenvalue weighted by Crippen LogP contribution is -2.39. The van der Waals surface area contributed by atoms with Gasteiger partial charge in [0.1, 0.15) is 0 Å². The minimum atomic E-state index is -0.307. The van der Waals surface area contributed by atoms with Crippen LogP contribution in [0.2, 0.25) is 5.02 Å². The summed E-state index contributed by atoms with van der Waals surface area (Å²) in [7, 11) is 0. The topological polar surface area (TPSA) is 26.7 Å². The summed E-state index contributed by atoms with van der Waals surface area (Å²) < 4.78 is 2.14. The van der Waals surface area contributed by atoms with Crippen molar-refractivity contribution in [2.45, 2.75) is 23.8 Å². The second kappa shape index (κ2) is 6.60. The molecule has 3 nitrogen and oxygen atoms in total. The molecule has 0 aliphatic carbocycles. The summed E-state index contributed by atoms with van der Waals surface area (Å²) in [6.07, 6.45) is 0.700. The van der Waals surface area contributed by atoms with Gasteiger partial charge in [-0.3, -0.25) is 4.90 Å². The maximum atomic E-state index is 10.7. The van der Waals surface area contributed by atoms with Crippen LogP contribution in [0.25, 0.3) is 0 Å². The monoisotopic (exact) mass is 360 g/mol. The smallest absolute Gasteiger partial charge is 0.0902 e. The maximum absolute atomic E-state index is 10.7. The van der Waals surface area contributed by atoms with Gasteiger partial charge < -0.3 is 9.41 Å². The molecule has 5 heteroatoms. The highest BCUT2D eigenvalue weighted by Crippen LogP contribution is 2.47. The van der Waals surface area contributed by atoms with E-state index in [2.05, 4.69) is 27.4 Å². The van der Waals surface area contributed by atoms with Gasteiger partial charge in [0.2, 0.25) is 0 Å². The number of aliphatic hydroxyl groups excluding tert-OH is 1. The number of rotatable bonds is 3. The van der Waals surface area contributed by atoms with E-state index in [0.717, 1.165) is 36.6 Å². The Balaban J connectivity index is 1.46. The van der Waals surface area contributed by atoms with Gasteiger partial charge in [0.15, 0.2) is 0 Å². The van der Waals surface area contributed by atoms with Crippen LogP contribution in [0.1, 0.15) is 12.0 Å². The molecule has 2 saturated heterocycles. The van der Waals surface area contributed by atoms with Crippen LogP contribution in [0.4, 0.5) is 5.69 Å². The van der Waals surface area contributed by atoms with Crippen molar-refractivity contribution >= 4 is 29.2 Å². The molecular formula is C19H21ClN2OS. The first-order valence-electron chi connectivity index (χ1n) is 8.32. The van der Waals surface area contributed by atoms with Crippen LogP contribution in [-0.4, -0.2) is 40.5 Å². The number of nitrogens with zero attached hydrogens (tertiary/aromatic N) is 2. The minimum Gasteiger partial charge on any atom is -0.390 e. The van der Waals surface area contributed by atoms with E-state index in [1.807, 2.05) is 48.3 Å². The third-order valence-electron chi connectivity index (χ3n) is 4.98. The Hall–Kier alpha value is -1.20. The molecule has 2 aliphatic heterocycles. The Morgan fingerprint density at radius 2 is 1.88 bits per heavy atom.